The third kappa shape index (κ3) is 4.47. The van der Waals surface area contributed by atoms with Gasteiger partial charge in [0.1, 0.15) is 17.1 Å². The summed E-state index contributed by atoms with van der Waals surface area (Å²) in [5.74, 6) is 0.478. The van der Waals surface area contributed by atoms with Crippen molar-refractivity contribution in [3.8, 4) is 17.3 Å². The van der Waals surface area contributed by atoms with E-state index in [0.717, 1.165) is 0 Å². The van der Waals surface area contributed by atoms with Gasteiger partial charge >= 0.3 is 0 Å². The first-order valence-electron chi connectivity index (χ1n) is 11.8. The van der Waals surface area contributed by atoms with Crippen molar-refractivity contribution in [3.63, 3.8) is 0 Å². The number of benzene rings is 2. The number of carbonyl (C=O) groups is 2. The molecule has 1 saturated heterocycles. The van der Waals surface area contributed by atoms with Crippen molar-refractivity contribution >= 4 is 11.8 Å². The molecule has 184 valence electrons. The second-order valence-corrected chi connectivity index (χ2v) is 8.50. The van der Waals surface area contributed by atoms with Crippen LogP contribution >= 0.6 is 0 Å². The number of para-hydroxylation sites is 1. The maximum absolute atomic E-state index is 13.7. The molecule has 0 atom stereocenters. The van der Waals surface area contributed by atoms with E-state index in [1.807, 2.05) is 41.2 Å². The summed E-state index contributed by atoms with van der Waals surface area (Å²) in [5.41, 5.74) is 1.58. The number of nitrogens with zero attached hydrogens (tertiary/aromatic N) is 5. The molecule has 8 nitrogen and oxygen atoms in total. The van der Waals surface area contributed by atoms with Crippen LogP contribution in [0, 0.1) is 5.82 Å². The van der Waals surface area contributed by atoms with E-state index < -0.39 is 0 Å². The van der Waals surface area contributed by atoms with E-state index in [-0.39, 0.29) is 17.6 Å². The predicted octanol–water partition coefficient (Wildman–Crippen LogP) is 3.80. The Morgan fingerprint density at radius 3 is 2.14 bits per heavy atom. The van der Waals surface area contributed by atoms with Crippen molar-refractivity contribution < 1.29 is 18.7 Å². The molecule has 0 unspecified atom stereocenters. The Hall–Kier alpha value is -4.40. The van der Waals surface area contributed by atoms with Crippen LogP contribution in [0.15, 0.2) is 79.3 Å². The van der Waals surface area contributed by atoms with E-state index in [1.54, 1.807) is 52.1 Å². The fourth-order valence-electron chi connectivity index (χ4n) is 4.47. The Bertz CT molecular complexity index is 1360. The molecule has 0 radical (unpaired) electrons. The molecule has 1 aliphatic rings. The second kappa shape index (κ2) is 10.1. The number of halogens is 1. The summed E-state index contributed by atoms with van der Waals surface area (Å²) in [6.07, 6.45) is 5.87. The van der Waals surface area contributed by atoms with Gasteiger partial charge in [-0.15, -0.1) is 0 Å². The van der Waals surface area contributed by atoms with Crippen LogP contribution in [0.4, 0.5) is 4.39 Å². The van der Waals surface area contributed by atoms with E-state index in [4.69, 9.17) is 4.74 Å². The van der Waals surface area contributed by atoms with Crippen molar-refractivity contribution in [2.24, 2.45) is 0 Å². The zero-order chi connectivity index (χ0) is 25.1. The Kier molecular flexibility index (Phi) is 6.53. The average Bonchev–Trinajstić information content (AvgIpc) is 3.53. The van der Waals surface area contributed by atoms with Crippen LogP contribution in [0.2, 0.25) is 0 Å². The number of hydrogen-bond acceptors (Lipinski definition) is 4. The number of ether oxygens (including phenoxy) is 1. The number of amides is 2. The number of hydrogen-bond donors (Lipinski definition) is 0. The summed E-state index contributed by atoms with van der Waals surface area (Å²) in [6, 6.07) is 16.9. The van der Waals surface area contributed by atoms with Crippen LogP contribution in [0.5, 0.6) is 5.75 Å². The molecule has 0 aliphatic carbocycles. The zero-order valence-corrected chi connectivity index (χ0v) is 19.9. The quantitative estimate of drug-likeness (QED) is 0.429. The summed E-state index contributed by atoms with van der Waals surface area (Å²) >= 11 is 0. The summed E-state index contributed by atoms with van der Waals surface area (Å²) in [7, 11) is 1.55. The van der Waals surface area contributed by atoms with Gasteiger partial charge in [0.15, 0.2) is 5.82 Å². The van der Waals surface area contributed by atoms with Gasteiger partial charge in [-0.25, -0.2) is 9.07 Å². The highest BCUT2D eigenvalue weighted by Crippen LogP contribution is 2.23. The van der Waals surface area contributed by atoms with Gasteiger partial charge in [-0.3, -0.25) is 9.59 Å². The second-order valence-electron chi connectivity index (χ2n) is 8.50. The standard InChI is InChI=1S/C27H26FN5O3/c1-36-24-8-3-2-7-22(24)26(34)31-15-6-16-32(18-17-31)27(35)23-19-29-33(21-11-9-20(28)10-12-21)25(23)30-13-4-5-14-30/h2-5,7-14,19H,6,15-18H2,1H3. The molecule has 1 fully saturated rings. The number of rotatable bonds is 5. The Balaban J connectivity index is 1.39. The lowest BCUT2D eigenvalue weighted by Gasteiger charge is -2.23. The van der Waals surface area contributed by atoms with Crippen LogP contribution in [-0.4, -0.2) is 69.3 Å². The minimum Gasteiger partial charge on any atom is -0.496 e. The van der Waals surface area contributed by atoms with E-state index in [2.05, 4.69) is 5.10 Å². The van der Waals surface area contributed by atoms with Gasteiger partial charge in [0, 0.05) is 38.6 Å². The van der Waals surface area contributed by atoms with E-state index in [9.17, 15) is 14.0 Å². The van der Waals surface area contributed by atoms with Gasteiger partial charge < -0.3 is 19.1 Å². The summed E-state index contributed by atoms with van der Waals surface area (Å²) < 4.78 is 22.3. The van der Waals surface area contributed by atoms with Crippen molar-refractivity contribution in [2.75, 3.05) is 33.3 Å². The molecule has 0 bridgehead atoms. The summed E-state index contributed by atoms with van der Waals surface area (Å²) in [6.45, 7) is 1.86. The van der Waals surface area contributed by atoms with Crippen molar-refractivity contribution in [1.82, 2.24) is 24.1 Å². The molecule has 3 heterocycles. The van der Waals surface area contributed by atoms with Crippen LogP contribution in [0.3, 0.4) is 0 Å². The van der Waals surface area contributed by atoms with Crippen molar-refractivity contribution in [3.05, 3.63) is 96.2 Å². The van der Waals surface area contributed by atoms with E-state index >= 15 is 0 Å². The fraction of sp³-hybridized carbons (Fsp3) is 0.222. The van der Waals surface area contributed by atoms with Crippen molar-refractivity contribution in [1.29, 1.82) is 0 Å². The first-order valence-corrected chi connectivity index (χ1v) is 11.8. The van der Waals surface area contributed by atoms with Gasteiger partial charge in [0.05, 0.1) is 24.6 Å². The lowest BCUT2D eigenvalue weighted by Crippen LogP contribution is -2.37. The van der Waals surface area contributed by atoms with Crippen molar-refractivity contribution in [2.45, 2.75) is 6.42 Å². The van der Waals surface area contributed by atoms with E-state index in [1.165, 1.54) is 12.1 Å². The molecular weight excluding hydrogens is 461 g/mol. The van der Waals surface area contributed by atoms with Crippen LogP contribution in [0.1, 0.15) is 27.1 Å². The van der Waals surface area contributed by atoms with Crippen LogP contribution in [0.25, 0.3) is 11.5 Å². The smallest absolute Gasteiger partial charge is 0.259 e. The number of carbonyl (C=O) groups excluding carboxylic acids is 2. The van der Waals surface area contributed by atoms with E-state index in [0.29, 0.717) is 61.0 Å². The van der Waals surface area contributed by atoms with Gasteiger partial charge in [-0.2, -0.15) is 5.10 Å². The lowest BCUT2D eigenvalue weighted by molar-refractivity contribution is 0.0717. The normalized spacial score (nSPS) is 13.9. The predicted molar refractivity (Wildman–Crippen MR) is 132 cm³/mol. The highest BCUT2D eigenvalue weighted by Gasteiger charge is 2.28. The topological polar surface area (TPSA) is 72.6 Å². The molecule has 0 N–H and O–H groups in total. The number of methoxy groups -OCH3 is 1. The minimum atomic E-state index is -0.346. The van der Waals surface area contributed by atoms with Gasteiger partial charge in [-0.05, 0) is 55.0 Å². The number of aromatic nitrogens is 3. The van der Waals surface area contributed by atoms with Crippen LogP contribution in [-0.2, 0) is 0 Å². The maximum atomic E-state index is 13.7. The highest BCUT2D eigenvalue weighted by atomic mass is 19.1. The maximum Gasteiger partial charge on any atom is 0.259 e. The molecular formula is C27H26FN5O3. The van der Waals surface area contributed by atoms with Gasteiger partial charge in [0.2, 0.25) is 0 Å². The highest BCUT2D eigenvalue weighted by molar-refractivity contribution is 5.98. The van der Waals surface area contributed by atoms with Gasteiger partial charge in [0.25, 0.3) is 11.8 Å². The monoisotopic (exact) mass is 487 g/mol. The first kappa shape index (κ1) is 23.3. The molecule has 2 aromatic heterocycles. The lowest BCUT2D eigenvalue weighted by atomic mass is 10.1. The fourth-order valence-corrected chi connectivity index (χ4v) is 4.47. The molecule has 9 heteroatoms. The first-order chi connectivity index (χ1) is 17.6. The minimum absolute atomic E-state index is 0.112. The molecule has 1 aliphatic heterocycles. The Morgan fingerprint density at radius 1 is 0.833 bits per heavy atom. The molecule has 0 spiro atoms. The van der Waals surface area contributed by atoms with Crippen LogP contribution < -0.4 is 4.74 Å². The molecule has 2 amide bonds. The SMILES string of the molecule is COc1ccccc1C(=O)N1CCCN(C(=O)c2cnn(-c3ccc(F)cc3)c2-n2cccc2)CC1. The molecule has 2 aromatic carbocycles. The molecule has 5 rings (SSSR count). The Labute approximate surface area is 208 Å². The molecule has 0 saturated carbocycles. The summed E-state index contributed by atoms with van der Waals surface area (Å²) in [4.78, 5) is 30.4. The molecule has 4 aromatic rings. The molecule has 36 heavy (non-hydrogen) atoms. The Morgan fingerprint density at radius 2 is 1.47 bits per heavy atom. The third-order valence-corrected chi connectivity index (χ3v) is 6.30. The summed E-state index contributed by atoms with van der Waals surface area (Å²) in [5, 5.41) is 4.46. The largest absolute Gasteiger partial charge is 0.496 e. The zero-order valence-electron chi connectivity index (χ0n) is 19.9. The van der Waals surface area contributed by atoms with Gasteiger partial charge in [-0.1, -0.05) is 12.1 Å². The third-order valence-electron chi connectivity index (χ3n) is 6.30. The average molecular weight is 488 g/mol.